The summed E-state index contributed by atoms with van der Waals surface area (Å²) in [5.74, 6) is 0.851. The van der Waals surface area contributed by atoms with Crippen LogP contribution in [0.1, 0.15) is 124 Å². The van der Waals surface area contributed by atoms with E-state index in [1.807, 2.05) is 20.8 Å². The Hall–Kier alpha value is -3.41. The highest BCUT2D eigenvalue weighted by Crippen LogP contribution is 2.41. The Morgan fingerprint density at radius 2 is 1.10 bits per heavy atom. The summed E-state index contributed by atoms with van der Waals surface area (Å²) < 4.78 is 75.4. The number of likely N-dealkylation sites (tertiary alicyclic amines) is 2. The van der Waals surface area contributed by atoms with Crippen molar-refractivity contribution in [2.45, 2.75) is 120 Å². The number of benzene rings is 2. The molecule has 0 saturated carbocycles. The molecule has 0 amide bonds. The van der Waals surface area contributed by atoms with Crippen LogP contribution in [0.3, 0.4) is 0 Å². The minimum Gasteiger partial charge on any atom is -0.486 e. The van der Waals surface area contributed by atoms with Crippen LogP contribution in [-0.2, 0) is 50.2 Å². The Bertz CT molecular complexity index is 2080. The highest BCUT2D eigenvalue weighted by atomic mass is 32.2. The van der Waals surface area contributed by atoms with E-state index in [1.165, 1.54) is 12.5 Å². The van der Waals surface area contributed by atoms with Crippen LogP contribution in [-0.4, -0.2) is 139 Å². The number of hydrogen-bond acceptors (Lipinski definition) is 14. The van der Waals surface area contributed by atoms with E-state index in [9.17, 15) is 31.2 Å². The van der Waals surface area contributed by atoms with E-state index in [0.717, 1.165) is 91.0 Å². The van der Waals surface area contributed by atoms with Crippen molar-refractivity contribution in [3.05, 3.63) is 58.7 Å². The number of carbonyl (C=O) groups excluding carboxylic acids is 3. The molecular formula is C46H68N2O12S2. The van der Waals surface area contributed by atoms with Gasteiger partial charge in [0.05, 0.1) is 48.7 Å². The fourth-order valence-electron chi connectivity index (χ4n) is 8.34. The monoisotopic (exact) mass is 904 g/mol. The zero-order chi connectivity index (χ0) is 45.2. The first kappa shape index (κ1) is 49.6. The number of carbonyl (C=O) groups is 3. The van der Waals surface area contributed by atoms with Gasteiger partial charge < -0.3 is 33.5 Å². The minimum atomic E-state index is -3.17. The average molecular weight is 905 g/mol. The molecule has 4 heterocycles. The topological polar surface area (TPSA) is 172 Å². The number of nitrogens with zero attached hydrogens (tertiary/aromatic N) is 2. The second kappa shape index (κ2) is 21.5. The molecule has 2 aromatic rings. The number of ketones is 2. The van der Waals surface area contributed by atoms with Crippen molar-refractivity contribution >= 4 is 37.2 Å². The fraction of sp³-hybridized carbons (Fsp3) is 0.674. The van der Waals surface area contributed by atoms with Gasteiger partial charge >= 0.3 is 5.97 Å². The Morgan fingerprint density at radius 1 is 0.677 bits per heavy atom. The molecule has 0 unspecified atom stereocenters. The number of esters is 1. The second-order valence-electron chi connectivity index (χ2n) is 18.5. The number of ether oxygens (including phenoxy) is 5. The lowest BCUT2D eigenvalue weighted by atomic mass is 9.82. The van der Waals surface area contributed by atoms with Crippen molar-refractivity contribution in [3.63, 3.8) is 0 Å². The molecule has 0 radical (unpaired) electrons. The normalized spacial score (nSPS) is 18.9. The molecule has 0 bridgehead atoms. The number of piperidine rings is 2. The predicted octanol–water partition coefficient (Wildman–Crippen LogP) is 6.02. The van der Waals surface area contributed by atoms with Gasteiger partial charge in [-0.1, -0.05) is 25.5 Å². The van der Waals surface area contributed by atoms with Crippen LogP contribution in [0, 0.1) is 0 Å². The SMILES string of the molecule is CC(C)(C)OC(=O)CCCOCCN1CCC2(CC1)CC(=O)c1cc(CS(C)(=O)=O)ccc1O2.CCCCOCCN1CCC2(CC1)CC(=O)c1cc(CS(C)(=O)=O)ccc1O2. The van der Waals surface area contributed by atoms with E-state index in [2.05, 4.69) is 16.7 Å². The molecule has 16 heteroatoms. The lowest BCUT2D eigenvalue weighted by molar-refractivity contribution is -0.155. The van der Waals surface area contributed by atoms with E-state index >= 15 is 0 Å². The summed E-state index contributed by atoms with van der Waals surface area (Å²) in [5.41, 5.74) is 0.851. The summed E-state index contributed by atoms with van der Waals surface area (Å²) in [5, 5.41) is 0. The molecule has 2 fully saturated rings. The molecule has 0 N–H and O–H groups in total. The molecular weight excluding hydrogens is 837 g/mol. The first-order chi connectivity index (χ1) is 29.1. The van der Waals surface area contributed by atoms with E-state index in [0.29, 0.717) is 72.6 Å². The highest BCUT2D eigenvalue weighted by molar-refractivity contribution is 7.90. The number of unbranched alkanes of at least 4 members (excludes halogenated alkanes) is 1. The zero-order valence-electron chi connectivity index (χ0n) is 37.6. The Balaban J connectivity index is 0.000000238. The molecule has 62 heavy (non-hydrogen) atoms. The summed E-state index contributed by atoms with van der Waals surface area (Å²) >= 11 is 0. The van der Waals surface area contributed by atoms with E-state index in [-0.39, 0.29) is 29.0 Å². The van der Waals surface area contributed by atoms with Gasteiger partial charge in [-0.15, -0.1) is 0 Å². The molecule has 2 saturated heterocycles. The second-order valence-corrected chi connectivity index (χ2v) is 22.8. The molecule has 4 aliphatic heterocycles. The molecule has 4 aliphatic rings. The number of rotatable bonds is 17. The van der Waals surface area contributed by atoms with Crippen LogP contribution in [0.25, 0.3) is 0 Å². The molecule has 0 aliphatic carbocycles. The van der Waals surface area contributed by atoms with Crippen LogP contribution in [0.4, 0.5) is 0 Å². The van der Waals surface area contributed by atoms with E-state index in [1.54, 1.807) is 36.4 Å². The smallest absolute Gasteiger partial charge is 0.306 e. The van der Waals surface area contributed by atoms with Gasteiger partial charge in [0.1, 0.15) is 28.3 Å². The maximum atomic E-state index is 12.9. The maximum Gasteiger partial charge on any atom is 0.306 e. The summed E-state index contributed by atoms with van der Waals surface area (Å²) in [6.45, 7) is 15.5. The first-order valence-electron chi connectivity index (χ1n) is 22.0. The molecule has 2 spiro atoms. The standard InChI is InChI=1S/C25H37NO7S.C21H31NO5S/c1-24(2,3)33-23(28)6-5-14-31-15-13-26-11-9-25(10-12-26)17-21(27)20-16-19(18-34(4,29)30)7-8-22(20)32-25;1-3-4-12-26-13-11-22-9-7-21(8-10-22)15-19(23)18-14-17(16-28(2,24)25)5-6-20(18)27-21/h7-8,16H,5-6,9-15,17-18H2,1-4H3;5-6,14H,3-4,7-13,15-16H2,1-2H3. The Morgan fingerprint density at radius 3 is 1.48 bits per heavy atom. The molecule has 0 aromatic heterocycles. The number of fused-ring (bicyclic) bond motifs is 2. The predicted molar refractivity (Wildman–Crippen MR) is 238 cm³/mol. The lowest BCUT2D eigenvalue weighted by Crippen LogP contribution is -2.51. The summed E-state index contributed by atoms with van der Waals surface area (Å²) in [6.07, 6.45) is 9.44. The van der Waals surface area contributed by atoms with Crippen LogP contribution in [0.2, 0.25) is 0 Å². The van der Waals surface area contributed by atoms with Crippen molar-refractivity contribution in [2.24, 2.45) is 0 Å². The van der Waals surface area contributed by atoms with Crippen LogP contribution >= 0.6 is 0 Å². The lowest BCUT2D eigenvalue weighted by Gasteiger charge is -2.44. The van der Waals surface area contributed by atoms with Crippen molar-refractivity contribution in [2.75, 3.05) is 78.2 Å². The van der Waals surface area contributed by atoms with Crippen LogP contribution in [0.5, 0.6) is 11.5 Å². The summed E-state index contributed by atoms with van der Waals surface area (Å²) in [6, 6.07) is 10.3. The molecule has 14 nitrogen and oxygen atoms in total. The third-order valence-electron chi connectivity index (χ3n) is 11.5. The molecule has 346 valence electrons. The summed E-state index contributed by atoms with van der Waals surface area (Å²) in [4.78, 5) is 42.0. The zero-order valence-corrected chi connectivity index (χ0v) is 39.3. The van der Waals surface area contributed by atoms with Gasteiger partial charge in [0, 0.05) is 97.1 Å². The molecule has 0 atom stereocenters. The molecule has 6 rings (SSSR count). The average Bonchev–Trinajstić information content (AvgIpc) is 3.17. The van der Waals surface area contributed by atoms with Crippen LogP contribution in [0.15, 0.2) is 36.4 Å². The van der Waals surface area contributed by atoms with Crippen LogP contribution < -0.4 is 9.47 Å². The van der Waals surface area contributed by atoms with Gasteiger partial charge in [-0.3, -0.25) is 14.4 Å². The maximum absolute atomic E-state index is 12.9. The van der Waals surface area contributed by atoms with Gasteiger partial charge in [0.2, 0.25) is 0 Å². The quantitative estimate of drug-likeness (QED) is 0.133. The van der Waals surface area contributed by atoms with Gasteiger partial charge in [-0.05, 0) is 69.0 Å². The minimum absolute atomic E-state index is 0.0124. The van der Waals surface area contributed by atoms with Gasteiger partial charge in [0.25, 0.3) is 0 Å². The Kier molecular flexibility index (Phi) is 17.2. The van der Waals surface area contributed by atoms with Crippen molar-refractivity contribution in [3.8, 4) is 11.5 Å². The third kappa shape index (κ3) is 15.7. The number of sulfone groups is 2. The summed E-state index contributed by atoms with van der Waals surface area (Å²) in [7, 11) is -6.30. The highest BCUT2D eigenvalue weighted by Gasteiger charge is 2.44. The molecule has 2 aromatic carbocycles. The van der Waals surface area contributed by atoms with Crippen molar-refractivity contribution in [1.82, 2.24) is 9.80 Å². The van der Waals surface area contributed by atoms with E-state index in [4.69, 9.17) is 23.7 Å². The third-order valence-corrected chi connectivity index (χ3v) is 13.3. The van der Waals surface area contributed by atoms with Gasteiger partial charge in [-0.25, -0.2) is 16.8 Å². The number of Topliss-reactive ketones (excluding diaryl/α,β-unsaturated/α-hetero) is 2. The largest absolute Gasteiger partial charge is 0.486 e. The fourth-order valence-corrected chi connectivity index (χ4v) is 9.91. The number of hydrogen-bond donors (Lipinski definition) is 0. The van der Waals surface area contributed by atoms with Crippen molar-refractivity contribution < 1.29 is 54.9 Å². The van der Waals surface area contributed by atoms with Gasteiger partial charge in [-0.2, -0.15) is 0 Å². The first-order valence-corrected chi connectivity index (χ1v) is 26.1. The van der Waals surface area contributed by atoms with E-state index < -0.39 is 36.5 Å². The van der Waals surface area contributed by atoms with Crippen molar-refractivity contribution in [1.29, 1.82) is 0 Å². The van der Waals surface area contributed by atoms with Gasteiger partial charge in [0.15, 0.2) is 31.2 Å². The Labute approximate surface area is 369 Å².